The number of aliphatic imine (C=N–C) groups is 1. The summed E-state index contributed by atoms with van der Waals surface area (Å²) in [6, 6.07) is 12.7. The third-order valence-corrected chi connectivity index (χ3v) is 9.36. The Bertz CT molecular complexity index is 1750. The van der Waals surface area contributed by atoms with E-state index in [0.29, 0.717) is 23.4 Å². The summed E-state index contributed by atoms with van der Waals surface area (Å²) in [5.74, 6) is -5.52. The molecule has 0 saturated heterocycles. The predicted molar refractivity (Wildman–Crippen MR) is 182 cm³/mol. The lowest BCUT2D eigenvalue weighted by atomic mass is 9.62. The molecular weight excluding hydrogens is 653 g/mol. The third-order valence-electron chi connectivity index (χ3n) is 8.79. The second kappa shape index (κ2) is 12.8. The van der Waals surface area contributed by atoms with Crippen molar-refractivity contribution in [2.24, 2.45) is 16.3 Å². The average Bonchev–Trinajstić information content (AvgIpc) is 3.38. The molecule has 2 aromatic carbocycles. The molecule has 0 bridgehead atoms. The topological polar surface area (TPSA) is 135 Å². The number of carbonyl (C=O) groups is 4. The van der Waals surface area contributed by atoms with Crippen molar-refractivity contribution >= 4 is 52.9 Å². The fourth-order valence-corrected chi connectivity index (χ4v) is 7.37. The number of nitrogens with one attached hydrogen (secondary N) is 1. The monoisotopic (exact) mass is 691 g/mol. The first-order valence-corrected chi connectivity index (χ1v) is 16.8. The first-order chi connectivity index (χ1) is 22.5. The SMILES string of the molecule is CC(C)(C)OC(=O)C1=C(NC2CCCCC2)[C@@](C#N)(N=Cc2ccc(Cl)cc2Cl)C2(C(=O)c3ccccc3C2=O)[C@H]1C(=O)OC(C)(C)C. The van der Waals surface area contributed by atoms with Crippen molar-refractivity contribution in [3.8, 4) is 6.07 Å². The van der Waals surface area contributed by atoms with Crippen LogP contribution in [0.15, 0.2) is 58.7 Å². The van der Waals surface area contributed by atoms with E-state index in [0.717, 1.165) is 19.3 Å². The van der Waals surface area contributed by atoms with Gasteiger partial charge in [-0.15, -0.1) is 0 Å². The minimum Gasteiger partial charge on any atom is -0.459 e. The van der Waals surface area contributed by atoms with Crippen molar-refractivity contribution in [1.29, 1.82) is 5.26 Å². The van der Waals surface area contributed by atoms with Gasteiger partial charge in [-0.05, 0) is 66.5 Å². The Morgan fingerprint density at radius 1 is 0.938 bits per heavy atom. The average molecular weight is 693 g/mol. The van der Waals surface area contributed by atoms with Crippen LogP contribution in [-0.4, -0.2) is 52.5 Å². The Labute approximate surface area is 290 Å². The Hall–Kier alpha value is -4.00. The molecule has 0 heterocycles. The zero-order valence-electron chi connectivity index (χ0n) is 27.9. The highest BCUT2D eigenvalue weighted by molar-refractivity contribution is 6.36. The summed E-state index contributed by atoms with van der Waals surface area (Å²) in [5.41, 5.74) is -7.26. The van der Waals surface area contributed by atoms with E-state index in [9.17, 15) is 24.4 Å². The van der Waals surface area contributed by atoms with Gasteiger partial charge in [-0.1, -0.05) is 72.8 Å². The van der Waals surface area contributed by atoms with Gasteiger partial charge in [0, 0.05) is 34.0 Å². The lowest BCUT2D eigenvalue weighted by Crippen LogP contribution is -2.59. The van der Waals surface area contributed by atoms with Gasteiger partial charge in [0.1, 0.15) is 23.2 Å². The van der Waals surface area contributed by atoms with Gasteiger partial charge < -0.3 is 14.8 Å². The molecule has 11 heteroatoms. The molecule has 1 fully saturated rings. The summed E-state index contributed by atoms with van der Waals surface area (Å²) in [5, 5.41) is 15.3. The molecule has 9 nitrogen and oxygen atoms in total. The number of carbonyl (C=O) groups excluding carboxylic acids is 4. The number of Topliss-reactive ketones (excluding diaryl/α,β-unsaturated/α-hetero) is 2. The number of ether oxygens (including phenoxy) is 2. The molecule has 1 N–H and O–H groups in total. The number of fused-ring (bicyclic) bond motifs is 1. The Morgan fingerprint density at radius 2 is 1.52 bits per heavy atom. The number of ketones is 2. The third kappa shape index (κ3) is 6.05. The lowest BCUT2D eigenvalue weighted by molar-refractivity contribution is -0.164. The van der Waals surface area contributed by atoms with Crippen LogP contribution in [0.1, 0.15) is 99.9 Å². The fourth-order valence-electron chi connectivity index (χ4n) is 6.91. The second-order valence-electron chi connectivity index (χ2n) is 14.5. The standard InChI is InChI=1S/C37H39Cl2N3O6/c1-34(2,3)47-32(45)27-28(33(46)48-35(4,5)6)37(30(43)24-14-10-11-15-25(24)31(37)44)36(20-40,29(27)42-23-12-8-7-9-13-23)41-19-21-16-17-22(38)18-26(21)39/h10-11,14-19,23,28,42H,7-9,12-13H2,1-6H3/t28-,36-/m1/s1. The summed E-state index contributed by atoms with van der Waals surface area (Å²) in [6.07, 6.45) is 5.40. The second-order valence-corrected chi connectivity index (χ2v) is 15.3. The van der Waals surface area contributed by atoms with E-state index in [4.69, 9.17) is 37.7 Å². The van der Waals surface area contributed by atoms with Crippen LogP contribution < -0.4 is 5.32 Å². The highest BCUT2D eigenvalue weighted by atomic mass is 35.5. The van der Waals surface area contributed by atoms with Crippen LogP contribution >= 0.6 is 23.2 Å². The largest absolute Gasteiger partial charge is 0.459 e. The zero-order valence-corrected chi connectivity index (χ0v) is 29.4. The lowest BCUT2D eigenvalue weighted by Gasteiger charge is -2.39. The molecule has 1 spiro atoms. The number of hydrogen-bond donors (Lipinski definition) is 1. The van der Waals surface area contributed by atoms with E-state index in [1.54, 1.807) is 65.8 Å². The fraction of sp³-hybridized carbons (Fsp3) is 0.459. The number of esters is 2. The minimum absolute atomic E-state index is 0.0119. The maximum Gasteiger partial charge on any atom is 0.337 e. The van der Waals surface area contributed by atoms with Crippen LogP contribution in [0, 0.1) is 22.7 Å². The number of rotatable bonds is 6. The van der Waals surface area contributed by atoms with Crippen molar-refractivity contribution in [2.75, 3.05) is 0 Å². The number of halogens is 2. The van der Waals surface area contributed by atoms with Gasteiger partial charge in [-0.2, -0.15) is 5.26 Å². The molecular formula is C37H39Cl2N3O6. The van der Waals surface area contributed by atoms with Gasteiger partial charge in [0.25, 0.3) is 0 Å². The molecule has 0 amide bonds. The molecule has 1 saturated carbocycles. The van der Waals surface area contributed by atoms with Gasteiger partial charge in [0.2, 0.25) is 5.54 Å². The van der Waals surface area contributed by atoms with Gasteiger partial charge in [0.15, 0.2) is 17.0 Å². The first kappa shape index (κ1) is 35.3. The van der Waals surface area contributed by atoms with E-state index in [-0.39, 0.29) is 33.5 Å². The maximum atomic E-state index is 15.0. The Balaban J connectivity index is 1.91. The van der Waals surface area contributed by atoms with Crippen LogP contribution in [0.2, 0.25) is 10.0 Å². The predicted octanol–water partition coefficient (Wildman–Crippen LogP) is 7.23. The molecule has 48 heavy (non-hydrogen) atoms. The van der Waals surface area contributed by atoms with E-state index in [2.05, 4.69) is 11.4 Å². The first-order valence-electron chi connectivity index (χ1n) is 16.0. The smallest absolute Gasteiger partial charge is 0.337 e. The number of benzene rings is 2. The summed E-state index contributed by atoms with van der Waals surface area (Å²) in [4.78, 5) is 63.8. The molecule has 2 aromatic rings. The van der Waals surface area contributed by atoms with Crippen LogP contribution in [0.5, 0.6) is 0 Å². The molecule has 0 aromatic heterocycles. The zero-order chi connectivity index (χ0) is 35.2. The van der Waals surface area contributed by atoms with Crippen LogP contribution in [0.25, 0.3) is 0 Å². The summed E-state index contributed by atoms with van der Waals surface area (Å²) in [7, 11) is 0. The molecule has 0 radical (unpaired) electrons. The molecule has 252 valence electrons. The molecule has 5 rings (SSSR count). The number of hydrogen-bond acceptors (Lipinski definition) is 9. The van der Waals surface area contributed by atoms with Crippen LogP contribution in [-0.2, 0) is 19.1 Å². The highest BCUT2D eigenvalue weighted by Gasteiger charge is 2.79. The molecule has 3 aliphatic rings. The summed E-state index contributed by atoms with van der Waals surface area (Å²) >= 11 is 12.7. The van der Waals surface area contributed by atoms with E-state index in [1.807, 2.05) is 0 Å². The van der Waals surface area contributed by atoms with Gasteiger partial charge >= 0.3 is 11.9 Å². The van der Waals surface area contributed by atoms with Crippen molar-refractivity contribution in [1.82, 2.24) is 5.32 Å². The number of nitriles is 1. The van der Waals surface area contributed by atoms with Crippen molar-refractivity contribution in [3.05, 3.63) is 80.5 Å². The van der Waals surface area contributed by atoms with Gasteiger partial charge in [0.05, 0.1) is 16.3 Å². The van der Waals surface area contributed by atoms with Crippen molar-refractivity contribution in [3.63, 3.8) is 0 Å². The van der Waals surface area contributed by atoms with Crippen LogP contribution in [0.3, 0.4) is 0 Å². The normalized spacial score (nSPS) is 22.6. The maximum absolute atomic E-state index is 15.0. The van der Waals surface area contributed by atoms with Gasteiger partial charge in [-0.3, -0.25) is 19.4 Å². The molecule has 0 unspecified atom stereocenters. The number of nitrogens with zero attached hydrogens (tertiary/aromatic N) is 2. The van der Waals surface area contributed by atoms with Crippen molar-refractivity contribution < 1.29 is 28.7 Å². The quantitative estimate of drug-likeness (QED) is 0.190. The molecule has 0 aliphatic heterocycles. The van der Waals surface area contributed by atoms with Crippen LogP contribution in [0.4, 0.5) is 0 Å². The highest BCUT2D eigenvalue weighted by Crippen LogP contribution is 2.62. The molecule has 3 aliphatic carbocycles. The Morgan fingerprint density at radius 3 is 2.04 bits per heavy atom. The van der Waals surface area contributed by atoms with E-state index in [1.165, 1.54) is 24.4 Å². The summed E-state index contributed by atoms with van der Waals surface area (Å²) in [6.45, 7) is 9.88. The van der Waals surface area contributed by atoms with Crippen molar-refractivity contribution in [2.45, 2.75) is 96.4 Å². The van der Waals surface area contributed by atoms with E-state index < -0.39 is 51.6 Å². The minimum atomic E-state index is -2.56. The van der Waals surface area contributed by atoms with E-state index >= 15 is 0 Å². The van der Waals surface area contributed by atoms with Gasteiger partial charge in [-0.25, -0.2) is 4.79 Å². The Kier molecular flexibility index (Phi) is 9.41. The molecule has 2 atom stereocenters. The summed E-state index contributed by atoms with van der Waals surface area (Å²) < 4.78 is 11.7.